The molecule has 0 spiro atoms. The lowest BCUT2D eigenvalue weighted by Gasteiger charge is -2.39. The maximum Gasteiger partial charge on any atom is 0.0923 e. The van der Waals surface area contributed by atoms with Crippen molar-refractivity contribution >= 4 is 0 Å². The van der Waals surface area contributed by atoms with Gasteiger partial charge in [-0.15, -0.1) is 0 Å². The molecular formula is C20H25NO2. The molecule has 23 heavy (non-hydrogen) atoms. The van der Waals surface area contributed by atoms with Crippen molar-refractivity contribution in [3.8, 4) is 0 Å². The largest absolute Gasteiger partial charge is 0.387 e. The van der Waals surface area contributed by atoms with Crippen LogP contribution in [0.1, 0.15) is 35.6 Å². The summed E-state index contributed by atoms with van der Waals surface area (Å²) in [7, 11) is 0. The molecule has 2 N–H and O–H groups in total. The van der Waals surface area contributed by atoms with Gasteiger partial charge in [-0.1, -0.05) is 54.6 Å². The standard InChI is InChI=1S/C20H25NO2/c1-16-7-5-6-10-18(16)20(23)11-13-21(14-12-20)15-19(22)17-8-3-2-4-9-17/h2-10,19,22-23H,11-15H2,1H3/t19-/m0/s1. The van der Waals surface area contributed by atoms with Gasteiger partial charge in [-0.25, -0.2) is 0 Å². The maximum absolute atomic E-state index is 11.0. The number of aliphatic hydroxyl groups is 2. The topological polar surface area (TPSA) is 43.7 Å². The Balaban J connectivity index is 1.61. The third-order valence-corrected chi connectivity index (χ3v) is 4.95. The highest BCUT2D eigenvalue weighted by molar-refractivity contribution is 5.31. The van der Waals surface area contributed by atoms with Crippen molar-refractivity contribution in [2.45, 2.75) is 31.5 Å². The minimum atomic E-state index is -0.737. The summed E-state index contributed by atoms with van der Waals surface area (Å²) in [5, 5.41) is 21.4. The van der Waals surface area contributed by atoms with Gasteiger partial charge < -0.3 is 15.1 Å². The smallest absolute Gasteiger partial charge is 0.0923 e. The van der Waals surface area contributed by atoms with Crippen molar-refractivity contribution in [3.63, 3.8) is 0 Å². The van der Waals surface area contributed by atoms with Crippen LogP contribution in [0.25, 0.3) is 0 Å². The lowest BCUT2D eigenvalue weighted by atomic mass is 9.82. The molecule has 1 atom stereocenters. The molecule has 3 rings (SSSR count). The molecule has 122 valence electrons. The first-order valence-electron chi connectivity index (χ1n) is 8.32. The van der Waals surface area contributed by atoms with Crippen LogP contribution in [0.15, 0.2) is 54.6 Å². The Morgan fingerprint density at radius 1 is 1.00 bits per heavy atom. The summed E-state index contributed by atoms with van der Waals surface area (Å²) in [6, 6.07) is 17.9. The molecule has 1 aliphatic heterocycles. The summed E-state index contributed by atoms with van der Waals surface area (Å²) in [6.07, 6.45) is 0.944. The molecule has 0 bridgehead atoms. The minimum Gasteiger partial charge on any atom is -0.387 e. The zero-order valence-electron chi connectivity index (χ0n) is 13.7. The van der Waals surface area contributed by atoms with Crippen LogP contribution in [0.3, 0.4) is 0 Å². The van der Waals surface area contributed by atoms with Crippen molar-refractivity contribution < 1.29 is 10.2 Å². The second kappa shape index (κ2) is 6.83. The number of piperidine rings is 1. The van der Waals surface area contributed by atoms with Gasteiger partial charge in [-0.2, -0.15) is 0 Å². The van der Waals surface area contributed by atoms with E-state index < -0.39 is 11.7 Å². The Kier molecular flexibility index (Phi) is 4.81. The number of benzene rings is 2. The number of hydrogen-bond acceptors (Lipinski definition) is 3. The Hall–Kier alpha value is -1.68. The van der Waals surface area contributed by atoms with E-state index in [0.717, 1.165) is 29.8 Å². The predicted octanol–water partition coefficient (Wildman–Crippen LogP) is 3.01. The predicted molar refractivity (Wildman–Crippen MR) is 92.2 cm³/mol. The molecule has 2 aromatic carbocycles. The fourth-order valence-corrected chi connectivity index (χ4v) is 3.50. The van der Waals surface area contributed by atoms with Crippen LogP contribution in [0.2, 0.25) is 0 Å². The first-order valence-corrected chi connectivity index (χ1v) is 8.32. The lowest BCUT2D eigenvalue weighted by Crippen LogP contribution is -2.44. The Labute approximate surface area is 138 Å². The van der Waals surface area contributed by atoms with Gasteiger partial charge in [0.15, 0.2) is 0 Å². The fraction of sp³-hybridized carbons (Fsp3) is 0.400. The van der Waals surface area contributed by atoms with E-state index in [9.17, 15) is 10.2 Å². The van der Waals surface area contributed by atoms with Gasteiger partial charge in [-0.05, 0) is 36.5 Å². The third-order valence-electron chi connectivity index (χ3n) is 4.95. The van der Waals surface area contributed by atoms with E-state index in [2.05, 4.69) is 17.9 Å². The zero-order chi connectivity index (χ0) is 16.3. The minimum absolute atomic E-state index is 0.471. The number of β-amino-alcohol motifs (C(OH)–C–C–N with tert-alkyl or cyclic N) is 1. The van der Waals surface area contributed by atoms with Gasteiger partial charge in [0.1, 0.15) is 0 Å². The van der Waals surface area contributed by atoms with Gasteiger partial charge >= 0.3 is 0 Å². The van der Waals surface area contributed by atoms with Crippen molar-refractivity contribution in [2.24, 2.45) is 0 Å². The second-order valence-corrected chi connectivity index (χ2v) is 6.57. The summed E-state index contributed by atoms with van der Waals surface area (Å²) in [5.41, 5.74) is 2.41. The molecule has 1 saturated heterocycles. The van der Waals surface area contributed by atoms with Gasteiger partial charge in [0, 0.05) is 19.6 Å². The normalized spacial score (nSPS) is 19.4. The molecular weight excluding hydrogens is 286 g/mol. The molecule has 0 aliphatic carbocycles. The van der Waals surface area contributed by atoms with Crippen LogP contribution in [0.4, 0.5) is 0 Å². The number of rotatable bonds is 4. The summed E-state index contributed by atoms with van der Waals surface area (Å²) >= 11 is 0. The number of nitrogens with zero attached hydrogens (tertiary/aromatic N) is 1. The summed E-state index contributed by atoms with van der Waals surface area (Å²) in [5.74, 6) is 0. The summed E-state index contributed by atoms with van der Waals surface area (Å²) in [4.78, 5) is 2.24. The van der Waals surface area contributed by atoms with Crippen LogP contribution >= 0.6 is 0 Å². The molecule has 0 saturated carbocycles. The number of aryl methyl sites for hydroxylation is 1. The molecule has 3 nitrogen and oxygen atoms in total. The van der Waals surface area contributed by atoms with E-state index >= 15 is 0 Å². The van der Waals surface area contributed by atoms with Crippen molar-refractivity contribution in [3.05, 3.63) is 71.3 Å². The molecule has 0 unspecified atom stereocenters. The van der Waals surface area contributed by atoms with Crippen LogP contribution in [-0.2, 0) is 5.60 Å². The Morgan fingerprint density at radius 2 is 1.61 bits per heavy atom. The van der Waals surface area contributed by atoms with Crippen molar-refractivity contribution in [2.75, 3.05) is 19.6 Å². The van der Waals surface area contributed by atoms with Gasteiger partial charge in [0.2, 0.25) is 0 Å². The monoisotopic (exact) mass is 311 g/mol. The maximum atomic E-state index is 11.0. The van der Waals surface area contributed by atoms with E-state index in [1.807, 2.05) is 48.5 Å². The quantitative estimate of drug-likeness (QED) is 0.912. The molecule has 1 aliphatic rings. The molecule has 1 fully saturated rings. The molecule has 0 amide bonds. The summed E-state index contributed by atoms with van der Waals surface area (Å²) < 4.78 is 0. The first-order chi connectivity index (χ1) is 11.1. The van der Waals surface area contributed by atoms with Crippen molar-refractivity contribution in [1.82, 2.24) is 4.90 Å². The Bertz CT molecular complexity index is 633. The van der Waals surface area contributed by atoms with Crippen molar-refractivity contribution in [1.29, 1.82) is 0 Å². The van der Waals surface area contributed by atoms with Crippen LogP contribution < -0.4 is 0 Å². The highest BCUT2D eigenvalue weighted by Gasteiger charge is 2.35. The van der Waals surface area contributed by atoms with Gasteiger partial charge in [-0.3, -0.25) is 0 Å². The SMILES string of the molecule is Cc1ccccc1C1(O)CCN(C[C@H](O)c2ccccc2)CC1. The van der Waals surface area contributed by atoms with Crippen LogP contribution in [-0.4, -0.2) is 34.7 Å². The van der Waals surface area contributed by atoms with E-state index in [4.69, 9.17) is 0 Å². The zero-order valence-corrected chi connectivity index (χ0v) is 13.7. The average molecular weight is 311 g/mol. The van der Waals surface area contributed by atoms with Crippen LogP contribution in [0, 0.1) is 6.92 Å². The lowest BCUT2D eigenvalue weighted by molar-refractivity contribution is -0.0348. The van der Waals surface area contributed by atoms with E-state index in [1.165, 1.54) is 0 Å². The fourth-order valence-electron chi connectivity index (χ4n) is 3.50. The molecule has 0 radical (unpaired) electrons. The van der Waals surface area contributed by atoms with Gasteiger partial charge in [0.25, 0.3) is 0 Å². The van der Waals surface area contributed by atoms with E-state index in [-0.39, 0.29) is 0 Å². The molecule has 1 heterocycles. The molecule has 0 aromatic heterocycles. The number of hydrogen-bond donors (Lipinski definition) is 2. The highest BCUT2D eigenvalue weighted by atomic mass is 16.3. The van der Waals surface area contributed by atoms with E-state index in [1.54, 1.807) is 0 Å². The number of likely N-dealkylation sites (tertiary alicyclic amines) is 1. The molecule has 2 aromatic rings. The van der Waals surface area contributed by atoms with Crippen LogP contribution in [0.5, 0.6) is 0 Å². The Morgan fingerprint density at radius 3 is 2.26 bits per heavy atom. The van der Waals surface area contributed by atoms with Gasteiger partial charge in [0.05, 0.1) is 11.7 Å². The van der Waals surface area contributed by atoms with E-state index in [0.29, 0.717) is 19.4 Å². The third kappa shape index (κ3) is 3.63. The second-order valence-electron chi connectivity index (χ2n) is 6.57. The average Bonchev–Trinajstić information content (AvgIpc) is 2.58. The number of aliphatic hydroxyl groups excluding tert-OH is 1. The first kappa shape index (κ1) is 16.2. The summed E-state index contributed by atoms with van der Waals surface area (Å²) in [6.45, 7) is 4.27. The highest BCUT2D eigenvalue weighted by Crippen LogP contribution is 2.35. The molecule has 3 heteroatoms.